The van der Waals surface area contributed by atoms with Crippen molar-refractivity contribution in [1.82, 2.24) is 4.90 Å². The van der Waals surface area contributed by atoms with Crippen LogP contribution in [0.15, 0.2) is 60.7 Å². The van der Waals surface area contributed by atoms with Gasteiger partial charge >= 0.3 is 11.9 Å². The van der Waals surface area contributed by atoms with Gasteiger partial charge < -0.3 is 10.2 Å². The van der Waals surface area contributed by atoms with E-state index in [2.05, 4.69) is 67.4 Å². The third-order valence-electron chi connectivity index (χ3n) is 4.83. The maximum Gasteiger partial charge on any atom is 0.328 e. The van der Waals surface area contributed by atoms with Gasteiger partial charge in [0.1, 0.15) is 0 Å². The third-order valence-corrected chi connectivity index (χ3v) is 4.83. The molecule has 28 heavy (non-hydrogen) atoms. The first kappa shape index (κ1) is 21.4. The van der Waals surface area contributed by atoms with Gasteiger partial charge in [0, 0.05) is 24.7 Å². The van der Waals surface area contributed by atoms with Crippen molar-refractivity contribution in [1.29, 1.82) is 0 Å². The predicted octanol–water partition coefficient (Wildman–Crippen LogP) is 4.22. The number of aliphatic carboxylic acids is 2. The van der Waals surface area contributed by atoms with Crippen molar-refractivity contribution in [2.45, 2.75) is 38.8 Å². The number of benzene rings is 2. The van der Waals surface area contributed by atoms with Gasteiger partial charge in [-0.2, -0.15) is 0 Å². The van der Waals surface area contributed by atoms with E-state index in [9.17, 15) is 9.59 Å². The highest BCUT2D eigenvalue weighted by Crippen LogP contribution is 2.32. The van der Waals surface area contributed by atoms with Crippen LogP contribution in [0.3, 0.4) is 0 Å². The minimum Gasteiger partial charge on any atom is -0.478 e. The summed E-state index contributed by atoms with van der Waals surface area (Å²) in [4.78, 5) is 21.6. The Morgan fingerprint density at radius 3 is 2.25 bits per heavy atom. The fourth-order valence-corrected chi connectivity index (χ4v) is 3.49. The van der Waals surface area contributed by atoms with Crippen LogP contribution in [0.4, 0.5) is 0 Å². The Morgan fingerprint density at radius 2 is 1.68 bits per heavy atom. The summed E-state index contributed by atoms with van der Waals surface area (Å²) in [5.74, 6) is -2.51. The summed E-state index contributed by atoms with van der Waals surface area (Å²) in [6.07, 6.45) is 4.87. The summed E-state index contributed by atoms with van der Waals surface area (Å²) < 4.78 is 0. The molecule has 0 saturated heterocycles. The molecule has 1 heterocycles. The highest BCUT2D eigenvalue weighted by molar-refractivity contribution is 5.89. The smallest absolute Gasteiger partial charge is 0.328 e. The fraction of sp³-hybridized carbons (Fsp3) is 0.304. The lowest BCUT2D eigenvalue weighted by Crippen LogP contribution is -2.37. The van der Waals surface area contributed by atoms with Crippen LogP contribution in [0, 0.1) is 0 Å². The van der Waals surface area contributed by atoms with E-state index in [0.717, 1.165) is 6.54 Å². The molecule has 2 aromatic rings. The minimum atomic E-state index is -1.26. The number of likely N-dealkylation sites (N-methyl/N-ethyl adjacent to an activating group) is 1. The summed E-state index contributed by atoms with van der Waals surface area (Å²) in [5.41, 5.74) is 5.81. The van der Waals surface area contributed by atoms with Crippen LogP contribution in [-0.4, -0.2) is 40.1 Å². The largest absolute Gasteiger partial charge is 0.478 e. The van der Waals surface area contributed by atoms with Gasteiger partial charge in [0.25, 0.3) is 0 Å². The Bertz CT molecular complexity index is 814. The van der Waals surface area contributed by atoms with Crippen LogP contribution in [-0.2, 0) is 22.6 Å². The quantitative estimate of drug-likeness (QED) is 0.758. The van der Waals surface area contributed by atoms with E-state index in [-0.39, 0.29) is 0 Å². The highest BCUT2D eigenvalue weighted by atomic mass is 16.4. The molecule has 0 saturated carbocycles. The van der Waals surface area contributed by atoms with E-state index in [0.29, 0.717) is 18.2 Å². The Balaban J connectivity index is 0.000000300. The summed E-state index contributed by atoms with van der Waals surface area (Å²) in [6.45, 7) is 3.36. The number of hydrogen-bond donors (Lipinski definition) is 2. The van der Waals surface area contributed by atoms with Crippen molar-refractivity contribution < 1.29 is 19.8 Å². The van der Waals surface area contributed by atoms with E-state index in [1.807, 2.05) is 0 Å². The van der Waals surface area contributed by atoms with Crippen LogP contribution < -0.4 is 0 Å². The number of hydrogen-bond acceptors (Lipinski definition) is 3. The zero-order valence-corrected chi connectivity index (χ0v) is 16.3. The van der Waals surface area contributed by atoms with Gasteiger partial charge in [0.05, 0.1) is 0 Å². The lowest BCUT2D eigenvalue weighted by molar-refractivity contribution is -0.134. The zero-order valence-electron chi connectivity index (χ0n) is 16.3. The van der Waals surface area contributed by atoms with Gasteiger partial charge in [-0.3, -0.25) is 4.90 Å². The Hall–Kier alpha value is -2.92. The number of nitrogens with zero attached hydrogens (tertiary/aromatic N) is 1. The zero-order chi connectivity index (χ0) is 20.5. The summed E-state index contributed by atoms with van der Waals surface area (Å²) >= 11 is 0. The molecule has 0 aliphatic carbocycles. The molecule has 0 amide bonds. The molecule has 0 radical (unpaired) electrons. The van der Waals surface area contributed by atoms with Crippen LogP contribution in [0.5, 0.6) is 0 Å². The Labute approximate surface area is 165 Å². The maximum absolute atomic E-state index is 9.55. The van der Waals surface area contributed by atoms with Crippen molar-refractivity contribution in [3.05, 3.63) is 71.8 Å². The first-order chi connectivity index (χ1) is 13.4. The van der Waals surface area contributed by atoms with E-state index >= 15 is 0 Å². The molecule has 5 heteroatoms. The van der Waals surface area contributed by atoms with E-state index in [4.69, 9.17) is 10.2 Å². The van der Waals surface area contributed by atoms with Gasteiger partial charge in [0.15, 0.2) is 0 Å². The molecular weight excluding hydrogens is 354 g/mol. The molecule has 0 spiro atoms. The number of fused-ring (bicyclic) bond motifs is 1. The van der Waals surface area contributed by atoms with Crippen molar-refractivity contribution in [2.24, 2.45) is 0 Å². The molecule has 3 rings (SSSR count). The first-order valence-electron chi connectivity index (χ1n) is 9.42. The predicted molar refractivity (Wildman–Crippen MR) is 110 cm³/mol. The summed E-state index contributed by atoms with van der Waals surface area (Å²) in [6, 6.07) is 18.3. The van der Waals surface area contributed by atoms with Gasteiger partial charge in [-0.15, -0.1) is 0 Å². The first-order valence-corrected chi connectivity index (χ1v) is 9.42. The summed E-state index contributed by atoms with van der Waals surface area (Å²) in [5, 5.41) is 15.6. The standard InChI is InChI=1S/C19H23N.C4H4O4/c1-3-8-17-13-16-11-7-12-18(19(16)14-20(17)2)15-9-5-4-6-10-15;5-3(6)1-2-4(7)8/h4-7,9-12,17H,3,8,13-14H2,1-2H3;1-2H,(H,5,6)(H,7,8). The SMILES string of the molecule is CCCC1Cc2cccc(-c3ccccc3)c2CN1C.O=C(O)C=CC(=O)O. The fourth-order valence-electron chi connectivity index (χ4n) is 3.49. The average molecular weight is 381 g/mol. The molecule has 1 unspecified atom stereocenters. The number of carboxylic acids is 2. The molecule has 1 aliphatic heterocycles. The lowest BCUT2D eigenvalue weighted by Gasteiger charge is -2.35. The van der Waals surface area contributed by atoms with Crippen molar-refractivity contribution in [3.63, 3.8) is 0 Å². The van der Waals surface area contributed by atoms with Gasteiger partial charge in [-0.25, -0.2) is 9.59 Å². The van der Waals surface area contributed by atoms with Crippen LogP contribution >= 0.6 is 0 Å². The highest BCUT2D eigenvalue weighted by Gasteiger charge is 2.24. The van der Waals surface area contributed by atoms with Crippen molar-refractivity contribution in [3.8, 4) is 11.1 Å². The molecule has 2 aromatic carbocycles. The Kier molecular flexibility index (Phi) is 7.96. The molecule has 1 aliphatic rings. The van der Waals surface area contributed by atoms with Crippen LogP contribution in [0.1, 0.15) is 30.9 Å². The molecule has 148 valence electrons. The van der Waals surface area contributed by atoms with Crippen LogP contribution in [0.2, 0.25) is 0 Å². The van der Waals surface area contributed by atoms with Gasteiger partial charge in [-0.05, 0) is 42.1 Å². The molecule has 2 N–H and O–H groups in total. The van der Waals surface area contributed by atoms with Crippen molar-refractivity contribution >= 4 is 11.9 Å². The topological polar surface area (TPSA) is 77.8 Å². The molecule has 0 fully saturated rings. The summed E-state index contributed by atoms with van der Waals surface area (Å²) in [7, 11) is 2.27. The molecular formula is C23H27NO4. The molecule has 5 nitrogen and oxygen atoms in total. The normalized spacial score (nSPS) is 16.1. The average Bonchev–Trinajstić information content (AvgIpc) is 2.68. The van der Waals surface area contributed by atoms with Gasteiger partial charge in [0.2, 0.25) is 0 Å². The van der Waals surface area contributed by atoms with Gasteiger partial charge in [-0.1, -0.05) is 61.9 Å². The number of carboxylic acid groups (broad SMARTS) is 2. The second-order valence-electron chi connectivity index (χ2n) is 6.88. The number of carbonyl (C=O) groups is 2. The third kappa shape index (κ3) is 6.06. The number of rotatable bonds is 5. The molecule has 1 atom stereocenters. The maximum atomic E-state index is 9.55. The van der Waals surface area contributed by atoms with E-state index in [1.165, 1.54) is 36.0 Å². The Morgan fingerprint density at radius 1 is 1.04 bits per heavy atom. The minimum absolute atomic E-state index is 0.558. The van der Waals surface area contributed by atoms with E-state index < -0.39 is 11.9 Å². The monoisotopic (exact) mass is 381 g/mol. The van der Waals surface area contributed by atoms with Crippen LogP contribution in [0.25, 0.3) is 11.1 Å². The second kappa shape index (κ2) is 10.4. The van der Waals surface area contributed by atoms with E-state index in [1.54, 1.807) is 5.56 Å². The molecule has 0 aromatic heterocycles. The molecule has 0 bridgehead atoms. The second-order valence-corrected chi connectivity index (χ2v) is 6.88. The lowest BCUT2D eigenvalue weighted by atomic mass is 9.87. The van der Waals surface area contributed by atoms with Crippen molar-refractivity contribution in [2.75, 3.05) is 7.05 Å².